The highest BCUT2D eigenvalue weighted by Crippen LogP contribution is 2.61. The quantitative estimate of drug-likeness (QED) is 0.800. The van der Waals surface area contributed by atoms with Crippen LogP contribution >= 0.6 is 0 Å². The summed E-state index contributed by atoms with van der Waals surface area (Å²) in [6.45, 7) is 7.34. The molecule has 0 aromatic carbocycles. The summed E-state index contributed by atoms with van der Waals surface area (Å²) < 4.78 is 0. The summed E-state index contributed by atoms with van der Waals surface area (Å²) in [5, 5.41) is 13.7. The maximum Gasteiger partial charge on any atom is 0.0687 e. The highest BCUT2D eigenvalue weighted by atomic mass is 16.3. The van der Waals surface area contributed by atoms with E-state index in [1.807, 2.05) is 0 Å². The van der Waals surface area contributed by atoms with E-state index in [4.69, 9.17) is 0 Å². The van der Waals surface area contributed by atoms with Crippen LogP contribution in [-0.2, 0) is 0 Å². The fourth-order valence-electron chi connectivity index (χ4n) is 5.46. The predicted octanol–water partition coefficient (Wildman–Crippen LogP) is 3.20. The van der Waals surface area contributed by atoms with Crippen LogP contribution < -0.4 is 5.32 Å². The summed E-state index contributed by atoms with van der Waals surface area (Å²) in [6, 6.07) is 0.578. The zero-order chi connectivity index (χ0) is 13.6. The molecule has 2 atom stereocenters. The summed E-state index contributed by atoms with van der Waals surface area (Å²) >= 11 is 0. The average Bonchev–Trinajstić information content (AvgIpc) is 2.33. The van der Waals surface area contributed by atoms with Crippen LogP contribution in [0, 0.1) is 29.1 Å². The molecule has 0 radical (unpaired) electrons. The Kier molecular flexibility index (Phi) is 3.68. The van der Waals surface area contributed by atoms with Gasteiger partial charge in [-0.1, -0.05) is 13.8 Å². The monoisotopic (exact) mass is 265 g/mol. The van der Waals surface area contributed by atoms with E-state index in [1.54, 1.807) is 0 Å². The van der Waals surface area contributed by atoms with Gasteiger partial charge in [0.25, 0.3) is 0 Å². The van der Waals surface area contributed by atoms with Crippen LogP contribution in [-0.4, -0.2) is 23.8 Å². The highest BCUT2D eigenvalue weighted by molar-refractivity contribution is 5.05. The molecule has 0 saturated heterocycles. The van der Waals surface area contributed by atoms with Crippen molar-refractivity contribution in [3.63, 3.8) is 0 Å². The van der Waals surface area contributed by atoms with Crippen LogP contribution in [0.3, 0.4) is 0 Å². The van der Waals surface area contributed by atoms with Gasteiger partial charge in [0.05, 0.1) is 6.10 Å². The molecule has 0 amide bonds. The van der Waals surface area contributed by atoms with Gasteiger partial charge in [-0.05, 0) is 74.5 Å². The van der Waals surface area contributed by atoms with E-state index in [9.17, 15) is 5.11 Å². The third kappa shape index (κ3) is 2.58. The van der Waals surface area contributed by atoms with Crippen LogP contribution in [0.15, 0.2) is 0 Å². The first kappa shape index (κ1) is 13.9. The minimum atomic E-state index is -0.198. The third-order valence-electron chi connectivity index (χ3n) is 6.41. The van der Waals surface area contributed by atoms with E-state index >= 15 is 0 Å². The van der Waals surface area contributed by atoms with Gasteiger partial charge in [-0.15, -0.1) is 0 Å². The number of hydrogen-bond acceptors (Lipinski definition) is 2. The summed E-state index contributed by atoms with van der Waals surface area (Å²) in [6.07, 6.45) is 8.69. The second-order valence-electron chi connectivity index (χ2n) is 8.22. The van der Waals surface area contributed by atoms with Crippen molar-refractivity contribution in [1.82, 2.24) is 5.32 Å². The molecule has 2 heteroatoms. The van der Waals surface area contributed by atoms with E-state index < -0.39 is 0 Å². The van der Waals surface area contributed by atoms with Crippen molar-refractivity contribution in [2.75, 3.05) is 6.54 Å². The van der Waals surface area contributed by atoms with Gasteiger partial charge in [-0.25, -0.2) is 0 Å². The molecule has 0 aromatic rings. The number of aliphatic hydroxyl groups excluding tert-OH is 1. The Morgan fingerprint density at radius 2 is 1.47 bits per heavy atom. The van der Waals surface area contributed by atoms with Crippen molar-refractivity contribution in [2.24, 2.45) is 29.1 Å². The first-order chi connectivity index (χ1) is 8.98. The first-order valence-corrected chi connectivity index (χ1v) is 8.40. The van der Waals surface area contributed by atoms with E-state index in [-0.39, 0.29) is 6.10 Å². The Hall–Kier alpha value is -0.0800. The molecule has 0 aromatic heterocycles. The zero-order valence-electron chi connectivity index (χ0n) is 12.9. The Morgan fingerprint density at radius 1 is 1.00 bits per heavy atom. The molecule has 2 N–H and O–H groups in total. The summed E-state index contributed by atoms with van der Waals surface area (Å²) in [4.78, 5) is 0. The van der Waals surface area contributed by atoms with E-state index in [1.165, 1.54) is 38.5 Å². The van der Waals surface area contributed by atoms with E-state index in [0.29, 0.717) is 17.4 Å². The molecule has 19 heavy (non-hydrogen) atoms. The predicted molar refractivity (Wildman–Crippen MR) is 78.9 cm³/mol. The van der Waals surface area contributed by atoms with Crippen LogP contribution in [0.2, 0.25) is 0 Å². The Morgan fingerprint density at radius 3 is 1.89 bits per heavy atom. The highest BCUT2D eigenvalue weighted by Gasteiger charge is 2.52. The van der Waals surface area contributed by atoms with Gasteiger partial charge >= 0.3 is 0 Å². The van der Waals surface area contributed by atoms with E-state index in [2.05, 4.69) is 26.1 Å². The zero-order valence-corrected chi connectivity index (χ0v) is 12.9. The molecule has 4 aliphatic carbocycles. The topological polar surface area (TPSA) is 32.3 Å². The van der Waals surface area contributed by atoms with Crippen molar-refractivity contribution in [2.45, 2.75) is 71.4 Å². The van der Waals surface area contributed by atoms with Gasteiger partial charge in [0.2, 0.25) is 0 Å². The summed E-state index contributed by atoms with van der Waals surface area (Å²) in [5.41, 5.74) is 0.561. The standard InChI is InChI=1S/C17H31NO/c1-11(2)16(19)10-18-12(3)17-7-13-4-14(8-17)6-15(5-13)9-17/h11-16,18-19H,4-10H2,1-3H3. The smallest absolute Gasteiger partial charge is 0.0687 e. The van der Waals surface area contributed by atoms with Crippen molar-refractivity contribution in [3.8, 4) is 0 Å². The lowest BCUT2D eigenvalue weighted by Gasteiger charge is -2.59. The van der Waals surface area contributed by atoms with Crippen LogP contribution in [0.1, 0.15) is 59.3 Å². The van der Waals surface area contributed by atoms with Crippen molar-refractivity contribution >= 4 is 0 Å². The lowest BCUT2D eigenvalue weighted by atomic mass is 9.48. The lowest BCUT2D eigenvalue weighted by Crippen LogP contribution is -2.55. The van der Waals surface area contributed by atoms with Crippen LogP contribution in [0.4, 0.5) is 0 Å². The van der Waals surface area contributed by atoms with Crippen LogP contribution in [0.5, 0.6) is 0 Å². The van der Waals surface area contributed by atoms with Gasteiger partial charge in [0, 0.05) is 12.6 Å². The SMILES string of the molecule is CC(C)C(O)CNC(C)C12CC3CC(CC(C3)C1)C2. The largest absolute Gasteiger partial charge is 0.392 e. The number of aliphatic hydroxyl groups is 1. The number of hydrogen-bond donors (Lipinski definition) is 2. The molecule has 0 heterocycles. The van der Waals surface area contributed by atoms with Crippen molar-refractivity contribution in [3.05, 3.63) is 0 Å². The first-order valence-electron chi connectivity index (χ1n) is 8.40. The number of nitrogens with one attached hydrogen (secondary N) is 1. The van der Waals surface area contributed by atoms with Crippen molar-refractivity contribution in [1.29, 1.82) is 0 Å². The summed E-state index contributed by atoms with van der Waals surface area (Å²) in [7, 11) is 0. The second-order valence-corrected chi connectivity index (χ2v) is 8.22. The second kappa shape index (κ2) is 5.04. The Bertz CT molecular complexity index is 290. The van der Waals surface area contributed by atoms with Gasteiger partial charge < -0.3 is 10.4 Å². The molecular weight excluding hydrogens is 234 g/mol. The molecule has 4 rings (SSSR count). The normalized spacial score (nSPS) is 43.7. The molecule has 2 nitrogen and oxygen atoms in total. The van der Waals surface area contributed by atoms with Crippen LogP contribution in [0.25, 0.3) is 0 Å². The maximum absolute atomic E-state index is 9.99. The van der Waals surface area contributed by atoms with Gasteiger partial charge in [-0.2, -0.15) is 0 Å². The maximum atomic E-state index is 9.99. The minimum absolute atomic E-state index is 0.198. The lowest BCUT2D eigenvalue weighted by molar-refractivity contribution is -0.0720. The molecule has 4 fully saturated rings. The molecule has 110 valence electrons. The minimum Gasteiger partial charge on any atom is -0.392 e. The molecule has 2 unspecified atom stereocenters. The number of rotatable bonds is 5. The average molecular weight is 265 g/mol. The molecule has 4 saturated carbocycles. The fraction of sp³-hybridized carbons (Fsp3) is 1.00. The Labute approximate surface area is 118 Å². The van der Waals surface area contributed by atoms with E-state index in [0.717, 1.165) is 24.3 Å². The fourth-order valence-corrected chi connectivity index (χ4v) is 5.46. The Balaban J connectivity index is 1.61. The van der Waals surface area contributed by atoms with Gasteiger partial charge in [-0.3, -0.25) is 0 Å². The molecule has 0 aliphatic heterocycles. The molecule has 4 bridgehead atoms. The molecular formula is C17H31NO. The molecule has 0 spiro atoms. The van der Waals surface area contributed by atoms with Crippen molar-refractivity contribution < 1.29 is 5.11 Å². The summed E-state index contributed by atoms with van der Waals surface area (Å²) in [5.74, 6) is 3.41. The van der Waals surface area contributed by atoms with Gasteiger partial charge in [0.15, 0.2) is 0 Å². The molecule has 4 aliphatic rings. The van der Waals surface area contributed by atoms with Gasteiger partial charge in [0.1, 0.15) is 0 Å². The third-order valence-corrected chi connectivity index (χ3v) is 6.41.